The number of amides is 1. The minimum atomic E-state index is -0.701. The summed E-state index contributed by atoms with van der Waals surface area (Å²) >= 11 is 0. The second-order valence-electron chi connectivity index (χ2n) is 7.67. The maximum atomic E-state index is 13.1. The molecule has 142 valence electrons. The van der Waals surface area contributed by atoms with Crippen molar-refractivity contribution in [3.05, 3.63) is 23.1 Å². The SMILES string of the molecule is CC[C@H]1CN(C(=O)c2cc(-c3c(C)nn(C)c3C)nn2C)CC[C@@]1(C)O. The lowest BCUT2D eigenvalue weighted by Crippen LogP contribution is -2.52. The van der Waals surface area contributed by atoms with Gasteiger partial charge in [0.1, 0.15) is 5.69 Å². The number of nitrogens with zero attached hydrogens (tertiary/aromatic N) is 5. The van der Waals surface area contributed by atoms with Crippen molar-refractivity contribution in [2.24, 2.45) is 20.0 Å². The van der Waals surface area contributed by atoms with Crippen LogP contribution in [0.1, 0.15) is 48.6 Å². The van der Waals surface area contributed by atoms with E-state index < -0.39 is 5.60 Å². The van der Waals surface area contributed by atoms with E-state index in [1.54, 1.807) is 11.7 Å². The molecular weight excluding hydrogens is 330 g/mol. The number of piperidine rings is 1. The molecule has 2 aromatic heterocycles. The molecule has 1 fully saturated rings. The third kappa shape index (κ3) is 3.05. The molecule has 0 unspecified atom stereocenters. The predicted octanol–water partition coefficient (Wildman–Crippen LogP) is 2.06. The van der Waals surface area contributed by atoms with Crippen LogP contribution in [0.2, 0.25) is 0 Å². The summed E-state index contributed by atoms with van der Waals surface area (Å²) < 4.78 is 3.48. The van der Waals surface area contributed by atoms with Crippen LogP contribution in [-0.2, 0) is 14.1 Å². The zero-order valence-corrected chi connectivity index (χ0v) is 16.6. The molecule has 1 N–H and O–H groups in total. The molecule has 0 saturated carbocycles. The standard InChI is InChI=1S/C19H29N5O2/c1-7-14-11-24(9-8-19(14,4)26)18(25)16-10-15(21-23(16)6)17-12(2)20-22(5)13(17)3/h10,14,26H,7-9,11H2,1-6H3/t14-,19+/m0/s1. The number of hydrogen-bond acceptors (Lipinski definition) is 4. The van der Waals surface area contributed by atoms with Gasteiger partial charge < -0.3 is 10.0 Å². The van der Waals surface area contributed by atoms with Gasteiger partial charge in [-0.05, 0) is 39.7 Å². The first-order valence-corrected chi connectivity index (χ1v) is 9.22. The number of carbonyl (C=O) groups is 1. The van der Waals surface area contributed by atoms with E-state index in [2.05, 4.69) is 17.1 Å². The third-order valence-corrected chi connectivity index (χ3v) is 5.85. The molecule has 0 spiro atoms. The minimum absolute atomic E-state index is 0.0283. The van der Waals surface area contributed by atoms with Gasteiger partial charge >= 0.3 is 0 Å². The smallest absolute Gasteiger partial charge is 0.272 e. The van der Waals surface area contributed by atoms with Gasteiger partial charge in [0.15, 0.2) is 0 Å². The van der Waals surface area contributed by atoms with Crippen molar-refractivity contribution >= 4 is 5.91 Å². The van der Waals surface area contributed by atoms with Crippen LogP contribution >= 0.6 is 0 Å². The maximum Gasteiger partial charge on any atom is 0.272 e. The second-order valence-corrected chi connectivity index (χ2v) is 7.67. The Balaban J connectivity index is 1.89. The summed E-state index contributed by atoms with van der Waals surface area (Å²) in [6.07, 6.45) is 1.45. The van der Waals surface area contributed by atoms with Gasteiger partial charge in [0, 0.05) is 44.4 Å². The number of rotatable bonds is 3. The molecule has 2 aromatic rings. The number of aryl methyl sites for hydroxylation is 3. The number of hydrogen-bond donors (Lipinski definition) is 1. The first-order chi connectivity index (χ1) is 12.2. The van der Waals surface area contributed by atoms with Crippen molar-refractivity contribution in [3.63, 3.8) is 0 Å². The highest BCUT2D eigenvalue weighted by atomic mass is 16.3. The number of aliphatic hydroxyl groups is 1. The zero-order valence-electron chi connectivity index (χ0n) is 16.6. The molecule has 26 heavy (non-hydrogen) atoms. The van der Waals surface area contributed by atoms with E-state index in [9.17, 15) is 9.90 Å². The molecule has 1 amide bonds. The van der Waals surface area contributed by atoms with E-state index in [1.807, 2.05) is 43.5 Å². The molecule has 2 atom stereocenters. The summed E-state index contributed by atoms with van der Waals surface area (Å²) in [4.78, 5) is 14.9. The van der Waals surface area contributed by atoms with Crippen molar-refractivity contribution < 1.29 is 9.90 Å². The van der Waals surface area contributed by atoms with Crippen molar-refractivity contribution in [2.75, 3.05) is 13.1 Å². The number of likely N-dealkylation sites (tertiary alicyclic amines) is 1. The van der Waals surface area contributed by atoms with Gasteiger partial charge in [0.2, 0.25) is 0 Å². The highest BCUT2D eigenvalue weighted by Gasteiger charge is 2.38. The van der Waals surface area contributed by atoms with Crippen molar-refractivity contribution in [2.45, 2.75) is 46.1 Å². The van der Waals surface area contributed by atoms with Gasteiger partial charge in [-0.15, -0.1) is 0 Å². The summed E-state index contributed by atoms with van der Waals surface area (Å²) in [5.41, 5.74) is 3.55. The van der Waals surface area contributed by atoms with Gasteiger partial charge in [0.05, 0.1) is 17.0 Å². The van der Waals surface area contributed by atoms with Crippen LogP contribution in [0.3, 0.4) is 0 Å². The molecule has 0 radical (unpaired) electrons. The summed E-state index contributed by atoms with van der Waals surface area (Å²) in [6, 6.07) is 1.85. The van der Waals surface area contributed by atoms with Gasteiger partial charge in [-0.1, -0.05) is 6.92 Å². The lowest BCUT2D eigenvalue weighted by Gasteiger charge is -2.42. The fourth-order valence-electron chi connectivity index (χ4n) is 3.97. The van der Waals surface area contributed by atoms with Crippen LogP contribution in [-0.4, -0.2) is 54.2 Å². The fraction of sp³-hybridized carbons (Fsp3) is 0.632. The van der Waals surface area contributed by atoms with Gasteiger partial charge in [0.25, 0.3) is 5.91 Å². The van der Waals surface area contributed by atoms with E-state index in [0.29, 0.717) is 25.2 Å². The van der Waals surface area contributed by atoms with Crippen LogP contribution in [0.5, 0.6) is 0 Å². The van der Waals surface area contributed by atoms with E-state index >= 15 is 0 Å². The van der Waals surface area contributed by atoms with Crippen LogP contribution in [0, 0.1) is 19.8 Å². The van der Waals surface area contributed by atoms with Crippen LogP contribution in [0.4, 0.5) is 0 Å². The Morgan fingerprint density at radius 2 is 2.00 bits per heavy atom. The Labute approximate surface area is 154 Å². The topological polar surface area (TPSA) is 76.2 Å². The Hall–Kier alpha value is -2.15. The van der Waals surface area contributed by atoms with Crippen molar-refractivity contribution in [1.29, 1.82) is 0 Å². The molecule has 7 heteroatoms. The van der Waals surface area contributed by atoms with Crippen molar-refractivity contribution in [3.8, 4) is 11.3 Å². The molecule has 0 aliphatic carbocycles. The highest BCUT2D eigenvalue weighted by Crippen LogP contribution is 2.31. The quantitative estimate of drug-likeness (QED) is 0.910. The summed E-state index contributed by atoms with van der Waals surface area (Å²) in [6.45, 7) is 9.03. The number of carbonyl (C=O) groups excluding carboxylic acids is 1. The monoisotopic (exact) mass is 359 g/mol. The van der Waals surface area contributed by atoms with Crippen LogP contribution in [0.25, 0.3) is 11.3 Å². The van der Waals surface area contributed by atoms with Crippen LogP contribution in [0.15, 0.2) is 6.07 Å². The van der Waals surface area contributed by atoms with Gasteiger partial charge in [-0.2, -0.15) is 10.2 Å². The lowest BCUT2D eigenvalue weighted by molar-refractivity contribution is -0.0522. The molecule has 0 bridgehead atoms. The molecule has 0 aromatic carbocycles. The number of aromatic nitrogens is 4. The second kappa shape index (κ2) is 6.54. The summed E-state index contributed by atoms with van der Waals surface area (Å²) in [5.74, 6) is 0.0649. The van der Waals surface area contributed by atoms with Gasteiger partial charge in [-0.3, -0.25) is 14.2 Å². The average molecular weight is 359 g/mol. The minimum Gasteiger partial charge on any atom is -0.390 e. The van der Waals surface area contributed by atoms with E-state index in [4.69, 9.17) is 0 Å². The fourth-order valence-corrected chi connectivity index (χ4v) is 3.97. The molecule has 1 aliphatic heterocycles. The highest BCUT2D eigenvalue weighted by molar-refractivity contribution is 5.94. The van der Waals surface area contributed by atoms with Gasteiger partial charge in [-0.25, -0.2) is 0 Å². The summed E-state index contributed by atoms with van der Waals surface area (Å²) in [5, 5.41) is 19.5. The molecule has 1 saturated heterocycles. The van der Waals surface area contributed by atoms with Crippen LogP contribution < -0.4 is 0 Å². The Kier molecular flexibility index (Phi) is 4.69. The van der Waals surface area contributed by atoms with Crippen molar-refractivity contribution in [1.82, 2.24) is 24.5 Å². The molecule has 3 rings (SSSR count). The largest absolute Gasteiger partial charge is 0.390 e. The van der Waals surface area contributed by atoms with E-state index in [0.717, 1.165) is 29.1 Å². The Bertz CT molecular complexity index is 833. The van der Waals surface area contributed by atoms with E-state index in [1.165, 1.54) is 0 Å². The molecule has 3 heterocycles. The van der Waals surface area contributed by atoms with E-state index in [-0.39, 0.29) is 11.8 Å². The maximum absolute atomic E-state index is 13.1. The molecule has 7 nitrogen and oxygen atoms in total. The normalized spacial score (nSPS) is 23.5. The average Bonchev–Trinajstić information content (AvgIpc) is 3.06. The molecular formula is C19H29N5O2. The first kappa shape index (κ1) is 18.6. The summed E-state index contributed by atoms with van der Waals surface area (Å²) in [7, 11) is 3.71. The Morgan fingerprint density at radius 1 is 1.31 bits per heavy atom. The third-order valence-electron chi connectivity index (χ3n) is 5.85. The first-order valence-electron chi connectivity index (χ1n) is 9.22. The lowest BCUT2D eigenvalue weighted by atomic mass is 9.81. The zero-order chi connectivity index (χ0) is 19.2. The predicted molar refractivity (Wildman–Crippen MR) is 99.8 cm³/mol. The Morgan fingerprint density at radius 3 is 2.58 bits per heavy atom. The molecule has 1 aliphatic rings.